The second-order valence-corrected chi connectivity index (χ2v) is 26.0. The van der Waals surface area contributed by atoms with Crippen LogP contribution in [-0.4, -0.2) is 193 Å². The Morgan fingerprint density at radius 2 is 0.704 bits per heavy atom. The van der Waals surface area contributed by atoms with E-state index in [1.54, 1.807) is 0 Å². The Labute approximate surface area is 588 Å². The Balaban J connectivity index is 1.32. The van der Waals surface area contributed by atoms with Crippen molar-refractivity contribution < 1.29 is 89.4 Å². The summed E-state index contributed by atoms with van der Waals surface area (Å²) in [4.78, 5) is 13.4. The van der Waals surface area contributed by atoms with E-state index in [9.17, 15) is 61.0 Å². The first-order chi connectivity index (χ1) is 47.8. The second-order valence-electron chi connectivity index (χ2n) is 26.0. The molecule has 3 rings (SSSR count). The highest BCUT2D eigenvalue weighted by molar-refractivity contribution is 5.76. The van der Waals surface area contributed by atoms with Gasteiger partial charge >= 0.3 is 0 Å². The molecule has 0 aromatic carbocycles. The monoisotopic (exact) mass is 1380 g/mol. The second kappa shape index (κ2) is 58.4. The van der Waals surface area contributed by atoms with Gasteiger partial charge < -0.3 is 89.9 Å². The summed E-state index contributed by atoms with van der Waals surface area (Å²) in [5.41, 5.74) is 0. The van der Waals surface area contributed by atoms with Gasteiger partial charge in [-0.15, -0.1) is 0 Å². The molecule has 19 nitrogen and oxygen atoms in total. The highest BCUT2D eigenvalue weighted by Gasteiger charge is 2.53. The van der Waals surface area contributed by atoms with Crippen LogP contribution in [0.15, 0.2) is 134 Å². The van der Waals surface area contributed by atoms with Gasteiger partial charge in [-0.25, -0.2) is 0 Å². The molecule has 3 fully saturated rings. The van der Waals surface area contributed by atoms with Gasteiger partial charge in [-0.3, -0.25) is 4.79 Å². The number of carbonyl (C=O) groups is 1. The molecule has 98 heavy (non-hydrogen) atoms. The largest absolute Gasteiger partial charge is 0.394 e. The van der Waals surface area contributed by atoms with Gasteiger partial charge in [-0.2, -0.15) is 0 Å². The number of aliphatic hydroxyl groups is 11. The maximum absolute atomic E-state index is 13.4. The molecule has 0 bridgehead atoms. The van der Waals surface area contributed by atoms with Crippen LogP contribution in [0.1, 0.15) is 226 Å². The summed E-state index contributed by atoms with van der Waals surface area (Å²) in [7, 11) is 0. The van der Waals surface area contributed by atoms with E-state index in [1.807, 2.05) is 0 Å². The third-order valence-electron chi connectivity index (χ3n) is 17.7. The van der Waals surface area contributed by atoms with Gasteiger partial charge in [0, 0.05) is 6.42 Å². The maximum atomic E-state index is 13.4. The molecule has 3 heterocycles. The first-order valence-electron chi connectivity index (χ1n) is 37.4. The van der Waals surface area contributed by atoms with Gasteiger partial charge in [0.2, 0.25) is 5.91 Å². The molecule has 0 radical (unpaired) electrons. The number of unbranched alkanes of at least 4 members (excludes halogenated alkanes) is 18. The number of rotatable bonds is 56. The van der Waals surface area contributed by atoms with E-state index in [1.165, 1.54) is 51.4 Å². The van der Waals surface area contributed by atoms with Crippen molar-refractivity contribution in [1.82, 2.24) is 5.32 Å². The quantitative estimate of drug-likeness (QED) is 0.0199. The normalized spacial score (nSPS) is 27.5. The number of ether oxygens (including phenoxy) is 6. The van der Waals surface area contributed by atoms with Crippen molar-refractivity contribution in [3.8, 4) is 0 Å². The van der Waals surface area contributed by atoms with Crippen molar-refractivity contribution in [3.05, 3.63) is 134 Å². The lowest BCUT2D eigenvalue weighted by Crippen LogP contribution is -2.66. The number of carbonyl (C=O) groups excluding carboxylic acids is 1. The molecule has 19 heteroatoms. The highest BCUT2D eigenvalue weighted by atomic mass is 16.8. The molecule has 17 atom stereocenters. The predicted octanol–water partition coefficient (Wildman–Crippen LogP) is 11.3. The summed E-state index contributed by atoms with van der Waals surface area (Å²) in [5, 5.41) is 121. The van der Waals surface area contributed by atoms with Gasteiger partial charge in [0.1, 0.15) is 73.2 Å². The van der Waals surface area contributed by atoms with Gasteiger partial charge in [-0.1, -0.05) is 257 Å². The van der Waals surface area contributed by atoms with Crippen LogP contribution in [-0.2, 0) is 33.2 Å². The Morgan fingerprint density at radius 1 is 0.378 bits per heavy atom. The topological polar surface area (TPSA) is 307 Å². The Morgan fingerprint density at radius 3 is 1.10 bits per heavy atom. The van der Waals surface area contributed by atoms with Crippen molar-refractivity contribution in [1.29, 1.82) is 0 Å². The van der Waals surface area contributed by atoms with Crippen LogP contribution in [0.2, 0.25) is 0 Å². The van der Waals surface area contributed by atoms with Gasteiger partial charge in [0.25, 0.3) is 0 Å². The van der Waals surface area contributed by atoms with Crippen LogP contribution in [0.5, 0.6) is 0 Å². The summed E-state index contributed by atoms with van der Waals surface area (Å²) in [6.07, 6.45) is 55.5. The third kappa shape index (κ3) is 38.8. The molecule has 0 aliphatic carbocycles. The molecule has 0 aromatic rings. The summed E-state index contributed by atoms with van der Waals surface area (Å²) < 4.78 is 34.4. The van der Waals surface area contributed by atoms with Gasteiger partial charge in [0.05, 0.1) is 38.6 Å². The summed E-state index contributed by atoms with van der Waals surface area (Å²) >= 11 is 0. The minimum Gasteiger partial charge on any atom is -0.394 e. The zero-order valence-corrected chi connectivity index (χ0v) is 59.5. The minimum absolute atomic E-state index is 0.245. The number of nitrogens with one attached hydrogen (secondary N) is 1. The van der Waals surface area contributed by atoms with Crippen LogP contribution in [0.25, 0.3) is 0 Å². The van der Waals surface area contributed by atoms with E-state index in [4.69, 9.17) is 28.4 Å². The summed E-state index contributed by atoms with van der Waals surface area (Å²) in [6.45, 7) is 1.64. The number of hydrogen-bond donors (Lipinski definition) is 12. The molecule has 1 amide bonds. The Bertz CT molecular complexity index is 2290. The molecule has 3 aliphatic heterocycles. The van der Waals surface area contributed by atoms with Crippen LogP contribution in [0, 0.1) is 0 Å². The number of amides is 1. The molecule has 3 aliphatic rings. The van der Waals surface area contributed by atoms with Gasteiger partial charge in [0.15, 0.2) is 18.9 Å². The Kier molecular flexibility index (Phi) is 52.6. The first-order valence-corrected chi connectivity index (χ1v) is 37.4. The van der Waals surface area contributed by atoms with E-state index in [-0.39, 0.29) is 18.9 Å². The predicted molar refractivity (Wildman–Crippen MR) is 387 cm³/mol. The highest BCUT2D eigenvalue weighted by Crippen LogP contribution is 2.33. The molecule has 3 saturated heterocycles. The van der Waals surface area contributed by atoms with Crippen molar-refractivity contribution >= 4 is 5.91 Å². The van der Waals surface area contributed by atoms with E-state index in [0.717, 1.165) is 141 Å². The van der Waals surface area contributed by atoms with Crippen molar-refractivity contribution in [2.24, 2.45) is 0 Å². The van der Waals surface area contributed by atoms with Crippen molar-refractivity contribution in [2.45, 2.75) is 330 Å². The summed E-state index contributed by atoms with van der Waals surface area (Å²) in [5.74, 6) is -0.260. The lowest BCUT2D eigenvalue weighted by atomic mass is 9.96. The maximum Gasteiger partial charge on any atom is 0.220 e. The average molecular weight is 1380 g/mol. The molecule has 560 valence electrons. The lowest BCUT2D eigenvalue weighted by molar-refractivity contribution is -0.379. The van der Waals surface area contributed by atoms with Crippen molar-refractivity contribution in [2.75, 3.05) is 26.4 Å². The fourth-order valence-electron chi connectivity index (χ4n) is 11.7. The van der Waals surface area contributed by atoms with Gasteiger partial charge in [-0.05, 0) is 96.3 Å². The first kappa shape index (κ1) is 88.1. The minimum atomic E-state index is -1.98. The molecule has 17 unspecified atom stereocenters. The number of aliphatic hydroxyl groups excluding tert-OH is 11. The number of allylic oxidation sites excluding steroid dienone is 22. The molecular weight excluding hydrogens is 1250 g/mol. The average Bonchev–Trinajstić information content (AvgIpc) is 0.785. The Hall–Kier alpha value is -4.07. The van der Waals surface area contributed by atoms with Crippen LogP contribution in [0.4, 0.5) is 0 Å². The molecule has 0 aromatic heterocycles. The smallest absolute Gasteiger partial charge is 0.220 e. The number of hydrogen-bond acceptors (Lipinski definition) is 18. The van der Waals surface area contributed by atoms with Crippen LogP contribution >= 0.6 is 0 Å². The van der Waals surface area contributed by atoms with Crippen molar-refractivity contribution in [3.63, 3.8) is 0 Å². The van der Waals surface area contributed by atoms with Crippen LogP contribution < -0.4 is 5.32 Å². The van der Waals surface area contributed by atoms with E-state index in [0.29, 0.717) is 12.8 Å². The summed E-state index contributed by atoms with van der Waals surface area (Å²) in [6, 6.07) is -0.902. The molecular formula is C79H131NO18. The lowest BCUT2D eigenvalue weighted by Gasteiger charge is -2.48. The molecule has 0 saturated carbocycles. The SMILES string of the molecule is CC/C=C\C/C=C\C/C=C\C/C=C\C/C=C\C/C=C\C/C=C\C/C=C\C/C=C\C/C=C\C/C=C\CCCCCCCCCC(=O)NC(COC1OC(CO)C(OC2OC(CO)C(OC3OC(CO)C(O)C(O)C3O)C(O)C2O)C(O)C1O)C(O)CCCCCCCCCCCCCC. The van der Waals surface area contributed by atoms with E-state index in [2.05, 4.69) is 153 Å². The standard InChI is InChI=1S/C79H131NO18/c1-3-5-7-9-11-13-15-17-18-19-20-21-22-23-24-25-26-27-28-29-30-31-32-33-34-35-36-37-38-39-40-41-42-43-44-45-47-49-51-53-55-57-67(85)80-62(63(84)56-54-52-50-48-46-16-14-12-10-8-6-4-2)61-93-77-73(91)70(88)75(65(59-82)95-77)98-79-74(92)71(89)76(66(60-83)96-79)97-78-72(90)69(87)68(86)64(58-81)94-78/h5,7,11,13,17-18,20-21,23-24,26-27,29-30,32-33,35-36,38-39,41-42,62-66,68-79,81-84,86-92H,3-4,6,8-10,12,14-16,19,22,25,28,31,34,37,40,43-61H2,1-2H3,(H,80,85)/b7-5-,13-11-,18-17-,21-20-,24-23-,27-26-,30-29-,33-32-,36-35-,39-38-,42-41-. The van der Waals surface area contributed by atoms with Crippen LogP contribution in [0.3, 0.4) is 0 Å². The molecule has 12 N–H and O–H groups in total. The van der Waals surface area contributed by atoms with E-state index >= 15 is 0 Å². The van der Waals surface area contributed by atoms with E-state index < -0.39 is 124 Å². The zero-order valence-electron chi connectivity index (χ0n) is 59.5. The third-order valence-corrected chi connectivity index (χ3v) is 17.7. The fourth-order valence-corrected chi connectivity index (χ4v) is 11.7. The fraction of sp³-hybridized carbons (Fsp3) is 0.709. The molecule has 0 spiro atoms. The zero-order chi connectivity index (χ0) is 71.1.